The minimum absolute atomic E-state index is 0.0793. The second kappa shape index (κ2) is 8.39. The van der Waals surface area contributed by atoms with Crippen molar-refractivity contribution in [2.45, 2.75) is 24.5 Å². The highest BCUT2D eigenvalue weighted by Gasteiger charge is 2.39. The second-order valence-corrected chi connectivity index (χ2v) is 8.56. The first-order valence-corrected chi connectivity index (χ1v) is 10.5. The Bertz CT molecular complexity index is 829. The monoisotopic (exact) mass is 410 g/mol. The van der Waals surface area contributed by atoms with Gasteiger partial charge in [-0.3, -0.25) is 9.59 Å². The van der Waals surface area contributed by atoms with Gasteiger partial charge in [0, 0.05) is 31.3 Å². The average Bonchev–Trinajstić information content (AvgIpc) is 3.26. The molecule has 1 aromatic heterocycles. The number of thioether (sulfide) groups is 1. The Kier molecular flexibility index (Phi) is 6.16. The molecule has 0 unspecified atom stereocenters. The molecule has 1 aromatic carbocycles. The molecular formula is C19H20F2N2O2S2. The fourth-order valence-electron chi connectivity index (χ4n) is 3.03. The number of hydrogen-bond acceptors (Lipinski definition) is 4. The standard InChI is InChI=1S/C19H20F2N2O2S2/c1-3-22(18(25)16-5-4-10-26-16)8-9-23-17(24)12(2)27-19(23)14-7-6-13(20)11-15(14)21/h4-7,10-12,19H,3,8-9H2,1-2H3/t12-,19+/m1/s1. The maximum atomic E-state index is 14.3. The van der Waals surface area contributed by atoms with E-state index in [0.717, 1.165) is 6.07 Å². The van der Waals surface area contributed by atoms with E-state index in [9.17, 15) is 18.4 Å². The van der Waals surface area contributed by atoms with Crippen molar-refractivity contribution in [3.8, 4) is 0 Å². The third-order valence-corrected chi connectivity index (χ3v) is 6.72. The SMILES string of the molecule is CCN(CCN1C(=O)[C@@H](C)S[C@H]1c1ccc(F)cc1F)C(=O)c1cccs1. The summed E-state index contributed by atoms with van der Waals surface area (Å²) >= 11 is 2.71. The van der Waals surface area contributed by atoms with Gasteiger partial charge >= 0.3 is 0 Å². The van der Waals surface area contributed by atoms with Crippen LogP contribution in [0.1, 0.15) is 34.5 Å². The van der Waals surface area contributed by atoms with Crippen molar-refractivity contribution in [2.24, 2.45) is 0 Å². The number of carbonyl (C=O) groups excluding carboxylic acids is 2. The molecule has 3 rings (SSSR count). The van der Waals surface area contributed by atoms with Gasteiger partial charge in [-0.1, -0.05) is 12.1 Å². The fraction of sp³-hybridized carbons (Fsp3) is 0.368. The highest BCUT2D eigenvalue weighted by Crippen LogP contribution is 2.43. The van der Waals surface area contributed by atoms with E-state index in [-0.39, 0.29) is 22.6 Å². The molecule has 2 amide bonds. The highest BCUT2D eigenvalue weighted by molar-refractivity contribution is 8.01. The van der Waals surface area contributed by atoms with E-state index in [1.165, 1.54) is 35.2 Å². The largest absolute Gasteiger partial charge is 0.336 e. The van der Waals surface area contributed by atoms with Crippen LogP contribution in [0.15, 0.2) is 35.7 Å². The minimum atomic E-state index is -0.665. The summed E-state index contributed by atoms with van der Waals surface area (Å²) in [5, 5.41) is 1.00. The summed E-state index contributed by atoms with van der Waals surface area (Å²) in [7, 11) is 0. The number of thiophene rings is 1. The van der Waals surface area contributed by atoms with Crippen molar-refractivity contribution in [1.29, 1.82) is 0 Å². The van der Waals surface area contributed by atoms with Crippen molar-refractivity contribution in [3.63, 3.8) is 0 Å². The Balaban J connectivity index is 1.76. The molecule has 144 valence electrons. The van der Waals surface area contributed by atoms with E-state index in [2.05, 4.69) is 0 Å². The Morgan fingerprint density at radius 1 is 1.30 bits per heavy atom. The summed E-state index contributed by atoms with van der Waals surface area (Å²) in [4.78, 5) is 29.0. The van der Waals surface area contributed by atoms with Gasteiger partial charge in [-0.2, -0.15) is 0 Å². The summed E-state index contributed by atoms with van der Waals surface area (Å²) in [5.74, 6) is -1.50. The van der Waals surface area contributed by atoms with Crippen molar-refractivity contribution >= 4 is 34.9 Å². The molecule has 4 nitrogen and oxygen atoms in total. The lowest BCUT2D eigenvalue weighted by Crippen LogP contribution is -2.40. The normalized spacial score (nSPS) is 19.6. The van der Waals surface area contributed by atoms with Gasteiger partial charge in [0.2, 0.25) is 5.91 Å². The molecule has 1 aliphatic rings. The Hall–Kier alpha value is -1.93. The van der Waals surface area contributed by atoms with Crippen LogP contribution in [0.5, 0.6) is 0 Å². The van der Waals surface area contributed by atoms with Crippen molar-refractivity contribution in [3.05, 3.63) is 57.8 Å². The van der Waals surface area contributed by atoms with Crippen LogP contribution in [-0.2, 0) is 4.79 Å². The van der Waals surface area contributed by atoms with E-state index in [1.54, 1.807) is 22.8 Å². The van der Waals surface area contributed by atoms with E-state index in [4.69, 9.17) is 0 Å². The molecule has 1 aliphatic heterocycles. The summed E-state index contributed by atoms with van der Waals surface area (Å²) < 4.78 is 27.5. The number of nitrogens with zero attached hydrogens (tertiary/aromatic N) is 2. The van der Waals surface area contributed by atoms with E-state index < -0.39 is 17.0 Å². The molecular weight excluding hydrogens is 390 g/mol. The zero-order valence-electron chi connectivity index (χ0n) is 15.0. The molecule has 27 heavy (non-hydrogen) atoms. The lowest BCUT2D eigenvalue weighted by Gasteiger charge is -2.28. The van der Waals surface area contributed by atoms with Gasteiger partial charge < -0.3 is 9.80 Å². The van der Waals surface area contributed by atoms with Crippen LogP contribution >= 0.6 is 23.1 Å². The zero-order chi connectivity index (χ0) is 19.6. The molecule has 2 aromatic rings. The molecule has 0 spiro atoms. The number of amides is 2. The van der Waals surface area contributed by atoms with Crippen LogP contribution in [0, 0.1) is 11.6 Å². The number of carbonyl (C=O) groups is 2. The lowest BCUT2D eigenvalue weighted by atomic mass is 10.2. The Morgan fingerprint density at radius 3 is 2.70 bits per heavy atom. The smallest absolute Gasteiger partial charge is 0.263 e. The molecule has 1 saturated heterocycles. The fourth-order valence-corrected chi connectivity index (χ4v) is 5.06. The summed E-state index contributed by atoms with van der Waals surface area (Å²) in [6, 6.07) is 7.01. The number of benzene rings is 1. The van der Waals surface area contributed by atoms with Gasteiger partial charge in [-0.25, -0.2) is 8.78 Å². The maximum Gasteiger partial charge on any atom is 0.263 e. The molecule has 0 bridgehead atoms. The highest BCUT2D eigenvalue weighted by atomic mass is 32.2. The van der Waals surface area contributed by atoms with Crippen molar-refractivity contribution in [2.75, 3.05) is 19.6 Å². The second-order valence-electron chi connectivity index (χ2n) is 6.19. The van der Waals surface area contributed by atoms with Gasteiger partial charge in [0.15, 0.2) is 0 Å². The van der Waals surface area contributed by atoms with Crippen LogP contribution in [0.4, 0.5) is 8.78 Å². The maximum absolute atomic E-state index is 14.3. The van der Waals surface area contributed by atoms with Gasteiger partial charge in [0.05, 0.1) is 10.1 Å². The Labute approximate surface area is 165 Å². The third-order valence-electron chi connectivity index (χ3n) is 4.49. The first-order chi connectivity index (χ1) is 12.9. The number of halogens is 2. The molecule has 2 atom stereocenters. The third kappa shape index (κ3) is 4.16. The lowest BCUT2D eigenvalue weighted by molar-refractivity contribution is -0.130. The predicted molar refractivity (Wildman–Crippen MR) is 104 cm³/mol. The average molecular weight is 411 g/mol. The molecule has 0 aliphatic carbocycles. The molecule has 0 saturated carbocycles. The van der Waals surface area contributed by atoms with Crippen LogP contribution in [0.2, 0.25) is 0 Å². The molecule has 2 heterocycles. The molecule has 0 N–H and O–H groups in total. The van der Waals surface area contributed by atoms with E-state index >= 15 is 0 Å². The predicted octanol–water partition coefficient (Wildman–Crippen LogP) is 4.15. The first-order valence-electron chi connectivity index (χ1n) is 8.66. The van der Waals surface area contributed by atoms with Gasteiger partial charge in [0.1, 0.15) is 17.0 Å². The molecule has 1 fully saturated rings. The van der Waals surface area contributed by atoms with Crippen LogP contribution in [0.3, 0.4) is 0 Å². The minimum Gasteiger partial charge on any atom is -0.336 e. The van der Waals surface area contributed by atoms with Gasteiger partial charge in [0.25, 0.3) is 5.91 Å². The molecule has 0 radical (unpaired) electrons. The van der Waals surface area contributed by atoms with E-state index in [0.29, 0.717) is 24.5 Å². The van der Waals surface area contributed by atoms with Gasteiger partial charge in [-0.05, 0) is 31.4 Å². The Morgan fingerprint density at radius 2 is 2.07 bits per heavy atom. The number of likely N-dealkylation sites (N-methyl/N-ethyl adjacent to an activating group) is 1. The zero-order valence-corrected chi connectivity index (χ0v) is 16.7. The summed E-state index contributed by atoms with van der Waals surface area (Å²) in [5.41, 5.74) is 0.284. The number of hydrogen-bond donors (Lipinski definition) is 0. The first kappa shape index (κ1) is 19.8. The topological polar surface area (TPSA) is 40.6 Å². The number of rotatable bonds is 6. The van der Waals surface area contributed by atoms with Crippen LogP contribution < -0.4 is 0 Å². The van der Waals surface area contributed by atoms with Crippen LogP contribution in [0.25, 0.3) is 0 Å². The van der Waals surface area contributed by atoms with Crippen molar-refractivity contribution in [1.82, 2.24) is 9.80 Å². The summed E-state index contributed by atoms with van der Waals surface area (Å²) in [6.07, 6.45) is 0. The summed E-state index contributed by atoms with van der Waals surface area (Å²) in [6.45, 7) is 4.81. The quantitative estimate of drug-likeness (QED) is 0.718. The van der Waals surface area contributed by atoms with Crippen LogP contribution in [-0.4, -0.2) is 46.5 Å². The van der Waals surface area contributed by atoms with Crippen molar-refractivity contribution < 1.29 is 18.4 Å². The van der Waals surface area contributed by atoms with Gasteiger partial charge in [-0.15, -0.1) is 23.1 Å². The van der Waals surface area contributed by atoms with E-state index in [1.807, 2.05) is 18.4 Å². The molecule has 8 heteroatoms.